The molecule has 0 spiro atoms. The van der Waals surface area contributed by atoms with Gasteiger partial charge in [0.1, 0.15) is 0 Å². The fourth-order valence-electron chi connectivity index (χ4n) is 0.797. The molecule has 0 aromatic carbocycles. The van der Waals surface area contributed by atoms with E-state index in [0.29, 0.717) is 0 Å². The molecule has 0 bridgehead atoms. The average molecular weight is 216 g/mol. The van der Waals surface area contributed by atoms with Gasteiger partial charge in [0.05, 0.1) is 13.2 Å². The highest BCUT2D eigenvalue weighted by Gasteiger charge is 2.21. The van der Waals surface area contributed by atoms with Gasteiger partial charge in [0.15, 0.2) is 0 Å². The summed E-state index contributed by atoms with van der Waals surface area (Å²) in [5.74, 6) is -0.469. The number of hydrogen-bond acceptors (Lipinski definition) is 3. The summed E-state index contributed by atoms with van der Waals surface area (Å²) in [6.07, 6.45) is 0. The first-order valence-electron chi connectivity index (χ1n) is 4.96. The molecule has 0 saturated heterocycles. The Morgan fingerprint density at radius 3 is 2.27 bits per heavy atom. The van der Waals surface area contributed by atoms with Gasteiger partial charge < -0.3 is 15.7 Å². The molecule has 0 unspecified atom stereocenters. The van der Waals surface area contributed by atoms with E-state index in [-0.39, 0.29) is 31.0 Å². The number of carbonyl (C=O) groups excluding carboxylic acids is 2. The van der Waals surface area contributed by atoms with E-state index >= 15 is 0 Å². The van der Waals surface area contributed by atoms with Gasteiger partial charge in [-0.1, -0.05) is 20.8 Å². The second-order valence-electron chi connectivity index (χ2n) is 4.58. The number of rotatable bonds is 4. The van der Waals surface area contributed by atoms with Crippen molar-refractivity contribution in [2.24, 2.45) is 5.41 Å². The van der Waals surface area contributed by atoms with Crippen LogP contribution in [-0.2, 0) is 9.59 Å². The summed E-state index contributed by atoms with van der Waals surface area (Å²) >= 11 is 0. The third-order valence-corrected chi connectivity index (χ3v) is 1.77. The lowest BCUT2D eigenvalue weighted by Crippen LogP contribution is -2.44. The van der Waals surface area contributed by atoms with Crippen LogP contribution in [0.1, 0.15) is 27.7 Å². The van der Waals surface area contributed by atoms with Crippen LogP contribution in [0.25, 0.3) is 0 Å². The van der Waals surface area contributed by atoms with Crippen molar-refractivity contribution in [3.8, 4) is 0 Å². The Morgan fingerprint density at radius 1 is 1.33 bits per heavy atom. The SMILES string of the molecule is C[C@@H](CO)NC(=O)CNC(=O)C(C)(C)C. The molecule has 0 aromatic heterocycles. The second kappa shape index (κ2) is 5.70. The molecule has 1 atom stereocenters. The van der Waals surface area contributed by atoms with Gasteiger partial charge in [0.2, 0.25) is 11.8 Å². The number of nitrogens with one attached hydrogen (secondary N) is 2. The fourth-order valence-corrected chi connectivity index (χ4v) is 0.797. The minimum absolute atomic E-state index is 0.0551. The number of aliphatic hydroxyl groups is 1. The van der Waals surface area contributed by atoms with Crippen LogP contribution in [0.15, 0.2) is 0 Å². The lowest BCUT2D eigenvalue weighted by Gasteiger charge is -2.18. The molecule has 0 aliphatic carbocycles. The molecule has 0 aromatic rings. The summed E-state index contributed by atoms with van der Waals surface area (Å²) < 4.78 is 0. The van der Waals surface area contributed by atoms with Crippen LogP contribution in [0.5, 0.6) is 0 Å². The van der Waals surface area contributed by atoms with Gasteiger partial charge in [0, 0.05) is 11.5 Å². The lowest BCUT2D eigenvalue weighted by atomic mass is 9.96. The topological polar surface area (TPSA) is 78.4 Å². The third-order valence-electron chi connectivity index (χ3n) is 1.77. The molecule has 0 aliphatic rings. The third kappa shape index (κ3) is 6.06. The number of amides is 2. The lowest BCUT2D eigenvalue weighted by molar-refractivity contribution is -0.131. The zero-order chi connectivity index (χ0) is 12.1. The van der Waals surface area contributed by atoms with Crippen molar-refractivity contribution >= 4 is 11.8 Å². The summed E-state index contributed by atoms with van der Waals surface area (Å²) in [6.45, 7) is 6.84. The zero-order valence-corrected chi connectivity index (χ0v) is 9.76. The predicted octanol–water partition coefficient (Wildman–Crippen LogP) is -0.354. The zero-order valence-electron chi connectivity index (χ0n) is 9.76. The Kier molecular flexibility index (Phi) is 5.28. The Balaban J connectivity index is 3.87. The highest BCUT2D eigenvalue weighted by atomic mass is 16.3. The maximum Gasteiger partial charge on any atom is 0.239 e. The largest absolute Gasteiger partial charge is 0.394 e. The summed E-state index contributed by atoms with van der Waals surface area (Å²) in [5.41, 5.74) is -0.497. The minimum Gasteiger partial charge on any atom is -0.394 e. The van der Waals surface area contributed by atoms with Crippen LogP contribution in [0.2, 0.25) is 0 Å². The molecular formula is C10H20N2O3. The van der Waals surface area contributed by atoms with Crippen LogP contribution < -0.4 is 10.6 Å². The van der Waals surface area contributed by atoms with E-state index in [1.807, 2.05) is 0 Å². The van der Waals surface area contributed by atoms with Crippen molar-refractivity contribution in [3.05, 3.63) is 0 Å². The fraction of sp³-hybridized carbons (Fsp3) is 0.800. The van der Waals surface area contributed by atoms with E-state index < -0.39 is 5.41 Å². The maximum absolute atomic E-state index is 11.4. The maximum atomic E-state index is 11.4. The van der Waals surface area contributed by atoms with E-state index in [1.54, 1.807) is 27.7 Å². The number of hydrogen-bond donors (Lipinski definition) is 3. The van der Waals surface area contributed by atoms with Gasteiger partial charge in [-0.3, -0.25) is 9.59 Å². The van der Waals surface area contributed by atoms with Gasteiger partial charge >= 0.3 is 0 Å². The van der Waals surface area contributed by atoms with Gasteiger partial charge in [-0.15, -0.1) is 0 Å². The quantitative estimate of drug-likeness (QED) is 0.601. The Labute approximate surface area is 90.2 Å². The van der Waals surface area contributed by atoms with Crippen molar-refractivity contribution in [1.29, 1.82) is 0 Å². The smallest absolute Gasteiger partial charge is 0.239 e. The summed E-state index contributed by atoms with van der Waals surface area (Å²) in [6, 6.07) is -0.288. The highest BCUT2D eigenvalue weighted by molar-refractivity contribution is 5.87. The van der Waals surface area contributed by atoms with Crippen molar-refractivity contribution in [2.45, 2.75) is 33.7 Å². The molecule has 5 heteroatoms. The predicted molar refractivity (Wildman–Crippen MR) is 57.2 cm³/mol. The molecule has 0 fully saturated rings. The summed E-state index contributed by atoms with van der Waals surface area (Å²) in [7, 11) is 0. The monoisotopic (exact) mass is 216 g/mol. The molecular weight excluding hydrogens is 196 g/mol. The molecule has 15 heavy (non-hydrogen) atoms. The van der Waals surface area contributed by atoms with Crippen LogP contribution in [0, 0.1) is 5.41 Å². The van der Waals surface area contributed by atoms with Crippen molar-refractivity contribution in [2.75, 3.05) is 13.2 Å². The molecule has 2 amide bonds. The molecule has 0 saturated carbocycles. The Bertz CT molecular complexity index is 233. The van der Waals surface area contributed by atoms with E-state index in [0.717, 1.165) is 0 Å². The first-order chi connectivity index (χ1) is 6.77. The molecule has 88 valence electrons. The summed E-state index contributed by atoms with van der Waals surface area (Å²) in [4.78, 5) is 22.6. The van der Waals surface area contributed by atoms with Crippen molar-refractivity contribution in [3.63, 3.8) is 0 Å². The van der Waals surface area contributed by atoms with Gasteiger partial charge in [0.25, 0.3) is 0 Å². The highest BCUT2D eigenvalue weighted by Crippen LogP contribution is 2.11. The van der Waals surface area contributed by atoms with Crippen LogP contribution >= 0.6 is 0 Å². The van der Waals surface area contributed by atoms with Gasteiger partial charge in [-0.25, -0.2) is 0 Å². The molecule has 0 radical (unpaired) electrons. The van der Waals surface area contributed by atoms with Crippen molar-refractivity contribution < 1.29 is 14.7 Å². The Morgan fingerprint density at radius 2 is 1.87 bits per heavy atom. The van der Waals surface area contributed by atoms with Gasteiger partial charge in [-0.05, 0) is 6.92 Å². The number of carbonyl (C=O) groups is 2. The molecule has 3 N–H and O–H groups in total. The molecule has 0 heterocycles. The van der Waals surface area contributed by atoms with E-state index in [4.69, 9.17) is 5.11 Å². The molecule has 0 rings (SSSR count). The Hall–Kier alpha value is -1.10. The standard InChI is InChI=1S/C10H20N2O3/c1-7(6-13)12-8(14)5-11-9(15)10(2,3)4/h7,13H,5-6H2,1-4H3,(H,11,15)(H,12,14)/t7-/m0/s1. The second-order valence-corrected chi connectivity index (χ2v) is 4.58. The average Bonchev–Trinajstić information content (AvgIpc) is 2.12. The van der Waals surface area contributed by atoms with Crippen LogP contribution in [0.4, 0.5) is 0 Å². The van der Waals surface area contributed by atoms with Crippen LogP contribution in [0.3, 0.4) is 0 Å². The van der Waals surface area contributed by atoms with Crippen LogP contribution in [-0.4, -0.2) is 36.1 Å². The minimum atomic E-state index is -0.497. The normalized spacial score (nSPS) is 13.1. The van der Waals surface area contributed by atoms with Crippen molar-refractivity contribution in [1.82, 2.24) is 10.6 Å². The first-order valence-corrected chi connectivity index (χ1v) is 4.96. The van der Waals surface area contributed by atoms with E-state index in [1.165, 1.54) is 0 Å². The molecule has 5 nitrogen and oxygen atoms in total. The number of aliphatic hydroxyl groups excluding tert-OH is 1. The van der Waals surface area contributed by atoms with E-state index in [9.17, 15) is 9.59 Å². The van der Waals surface area contributed by atoms with E-state index in [2.05, 4.69) is 10.6 Å². The molecule has 0 aliphatic heterocycles. The summed E-state index contributed by atoms with van der Waals surface area (Å²) in [5, 5.41) is 13.7. The first kappa shape index (κ1) is 13.9. The van der Waals surface area contributed by atoms with Gasteiger partial charge in [-0.2, -0.15) is 0 Å².